The molecule has 0 unspecified atom stereocenters. The Morgan fingerprint density at radius 3 is 2.44 bits per heavy atom. The molecule has 0 aliphatic carbocycles. The third-order valence-electron chi connectivity index (χ3n) is 5.95. The number of anilines is 1. The van der Waals surface area contributed by atoms with E-state index in [-0.39, 0.29) is 17.6 Å². The zero-order valence-electron chi connectivity index (χ0n) is 19.0. The zero-order chi connectivity index (χ0) is 23.1. The lowest BCUT2D eigenvalue weighted by Gasteiger charge is -2.29. The predicted octanol–water partition coefficient (Wildman–Crippen LogP) is 3.15. The van der Waals surface area contributed by atoms with Crippen LogP contribution in [0.2, 0.25) is 0 Å². The molecule has 172 valence electrons. The molecular formula is C25H33FN4O2. The molecule has 0 spiro atoms. The second kappa shape index (κ2) is 11.2. The molecule has 0 aromatic heterocycles. The number of hydrogen-bond acceptors (Lipinski definition) is 4. The van der Waals surface area contributed by atoms with E-state index in [0.29, 0.717) is 39.1 Å². The highest BCUT2D eigenvalue weighted by molar-refractivity contribution is 5.92. The lowest BCUT2D eigenvalue weighted by atomic mass is 10.1. The maximum Gasteiger partial charge on any atom is 0.239 e. The lowest BCUT2D eigenvalue weighted by Crippen LogP contribution is -2.46. The molecule has 0 fully saturated rings. The van der Waals surface area contributed by atoms with Crippen molar-refractivity contribution in [3.8, 4) is 0 Å². The van der Waals surface area contributed by atoms with Gasteiger partial charge in [0.1, 0.15) is 5.82 Å². The zero-order valence-corrected chi connectivity index (χ0v) is 19.0. The van der Waals surface area contributed by atoms with Gasteiger partial charge >= 0.3 is 0 Å². The number of nitrogens with zero attached hydrogens (tertiary/aromatic N) is 3. The van der Waals surface area contributed by atoms with Crippen molar-refractivity contribution in [2.75, 3.05) is 31.1 Å². The monoisotopic (exact) mass is 440 g/mol. The number of carbonyl (C=O) groups is 2. The molecule has 2 aromatic rings. The Morgan fingerprint density at radius 1 is 1.03 bits per heavy atom. The second-order valence-electron chi connectivity index (χ2n) is 8.33. The molecule has 2 N–H and O–H groups in total. The van der Waals surface area contributed by atoms with Crippen molar-refractivity contribution in [3.63, 3.8) is 0 Å². The molecule has 0 radical (unpaired) electrons. The average Bonchev–Trinajstić information content (AvgIpc) is 2.82. The molecule has 6 nitrogen and oxygen atoms in total. The molecule has 1 aliphatic rings. The predicted molar refractivity (Wildman–Crippen MR) is 124 cm³/mol. The fraction of sp³-hybridized carbons (Fsp3) is 0.440. The SMILES string of the molecule is CC[C@H](N)C(=O)N1CCN(Cc2ccc(F)cc2)CCCN(C(C)=O)c2ccccc2C1. The summed E-state index contributed by atoms with van der Waals surface area (Å²) in [4.78, 5) is 31.4. The fourth-order valence-electron chi connectivity index (χ4n) is 4.07. The maximum atomic E-state index is 13.3. The first-order valence-corrected chi connectivity index (χ1v) is 11.3. The Bertz CT molecular complexity index is 918. The number of hydrogen-bond donors (Lipinski definition) is 1. The number of nitrogens with two attached hydrogens (primary N) is 1. The number of carbonyl (C=O) groups excluding carboxylic acids is 2. The summed E-state index contributed by atoms with van der Waals surface area (Å²) in [7, 11) is 0. The molecular weight excluding hydrogens is 407 g/mol. The molecule has 32 heavy (non-hydrogen) atoms. The van der Waals surface area contributed by atoms with E-state index in [2.05, 4.69) is 4.90 Å². The minimum atomic E-state index is -0.554. The lowest BCUT2D eigenvalue weighted by molar-refractivity contribution is -0.133. The Labute approximate surface area is 189 Å². The van der Waals surface area contributed by atoms with Crippen molar-refractivity contribution in [2.45, 2.75) is 45.8 Å². The average molecular weight is 441 g/mol. The molecule has 1 heterocycles. The first kappa shape index (κ1) is 23.9. The van der Waals surface area contributed by atoms with Crippen LogP contribution in [0.3, 0.4) is 0 Å². The van der Waals surface area contributed by atoms with Crippen molar-refractivity contribution in [1.29, 1.82) is 0 Å². The number of amides is 2. The summed E-state index contributed by atoms with van der Waals surface area (Å²) < 4.78 is 13.3. The molecule has 7 heteroatoms. The summed E-state index contributed by atoms with van der Waals surface area (Å²) in [5.74, 6) is -0.367. The highest BCUT2D eigenvalue weighted by atomic mass is 19.1. The Hall–Kier alpha value is -2.77. The van der Waals surface area contributed by atoms with E-state index in [0.717, 1.165) is 29.8 Å². The van der Waals surface area contributed by atoms with E-state index in [9.17, 15) is 14.0 Å². The quantitative estimate of drug-likeness (QED) is 0.793. The first-order valence-electron chi connectivity index (χ1n) is 11.3. The highest BCUT2D eigenvalue weighted by Gasteiger charge is 2.24. The van der Waals surface area contributed by atoms with E-state index in [1.165, 1.54) is 12.1 Å². The van der Waals surface area contributed by atoms with Gasteiger partial charge in [-0.15, -0.1) is 0 Å². The first-order chi connectivity index (χ1) is 15.4. The number of halogens is 1. The van der Waals surface area contributed by atoms with E-state index < -0.39 is 6.04 Å². The van der Waals surface area contributed by atoms with Gasteiger partial charge in [-0.25, -0.2) is 4.39 Å². The molecule has 1 aliphatic heterocycles. The van der Waals surface area contributed by atoms with Crippen LogP contribution in [0.4, 0.5) is 10.1 Å². The summed E-state index contributed by atoms with van der Waals surface area (Å²) in [5, 5.41) is 0. The Morgan fingerprint density at radius 2 is 1.75 bits per heavy atom. The van der Waals surface area contributed by atoms with Gasteiger partial charge in [-0.05, 0) is 42.2 Å². The van der Waals surface area contributed by atoms with E-state index in [1.54, 1.807) is 28.9 Å². The summed E-state index contributed by atoms with van der Waals surface area (Å²) in [6, 6.07) is 13.7. The van der Waals surface area contributed by atoms with E-state index in [1.807, 2.05) is 31.2 Å². The van der Waals surface area contributed by atoms with Crippen molar-refractivity contribution >= 4 is 17.5 Å². The van der Waals surface area contributed by atoms with Gasteiger partial charge in [0.25, 0.3) is 0 Å². The van der Waals surface area contributed by atoms with Gasteiger partial charge < -0.3 is 15.5 Å². The molecule has 0 saturated heterocycles. The van der Waals surface area contributed by atoms with Crippen LogP contribution in [0.5, 0.6) is 0 Å². The molecule has 1 atom stereocenters. The molecule has 2 aromatic carbocycles. The summed E-state index contributed by atoms with van der Waals surface area (Å²) in [6.07, 6.45) is 1.35. The largest absolute Gasteiger partial charge is 0.336 e. The smallest absolute Gasteiger partial charge is 0.239 e. The van der Waals surface area contributed by atoms with Crippen LogP contribution >= 0.6 is 0 Å². The van der Waals surface area contributed by atoms with Gasteiger partial charge in [-0.2, -0.15) is 0 Å². The van der Waals surface area contributed by atoms with E-state index in [4.69, 9.17) is 5.73 Å². The maximum absolute atomic E-state index is 13.3. The standard InChI is InChI=1S/C25H33FN4O2/c1-3-23(27)25(32)29-16-15-28(17-20-9-11-22(26)12-10-20)13-6-14-30(19(2)31)24-8-5-4-7-21(24)18-29/h4-5,7-12,23H,3,6,13-18,27H2,1-2H3/t23-/m0/s1. The molecule has 0 bridgehead atoms. The number of rotatable bonds is 4. The Balaban J connectivity index is 1.89. The van der Waals surface area contributed by atoms with E-state index >= 15 is 0 Å². The van der Waals surface area contributed by atoms with Crippen LogP contribution in [-0.2, 0) is 22.7 Å². The third kappa shape index (κ3) is 6.14. The fourth-order valence-corrected chi connectivity index (χ4v) is 4.07. The molecule has 3 rings (SSSR count). The Kier molecular flexibility index (Phi) is 8.36. The highest BCUT2D eigenvalue weighted by Crippen LogP contribution is 2.24. The van der Waals surface area contributed by atoms with Crippen LogP contribution in [0.25, 0.3) is 0 Å². The van der Waals surface area contributed by atoms with Gasteiger partial charge in [0.2, 0.25) is 11.8 Å². The summed E-state index contributed by atoms with van der Waals surface area (Å²) in [5.41, 5.74) is 8.89. The number of benzene rings is 2. The minimum absolute atomic E-state index is 0.0232. The number of para-hydroxylation sites is 1. The normalized spacial score (nSPS) is 16.8. The molecule has 0 saturated carbocycles. The van der Waals surface area contributed by atoms with Gasteiger partial charge in [0.15, 0.2) is 0 Å². The number of fused-ring (bicyclic) bond motifs is 1. The van der Waals surface area contributed by atoms with Gasteiger partial charge in [-0.1, -0.05) is 37.3 Å². The van der Waals surface area contributed by atoms with Gasteiger partial charge in [0.05, 0.1) is 6.04 Å². The van der Waals surface area contributed by atoms with Crippen molar-refractivity contribution in [1.82, 2.24) is 9.80 Å². The second-order valence-corrected chi connectivity index (χ2v) is 8.33. The van der Waals surface area contributed by atoms with Gasteiger partial charge in [-0.3, -0.25) is 14.5 Å². The topological polar surface area (TPSA) is 69.9 Å². The van der Waals surface area contributed by atoms with Crippen molar-refractivity contribution in [2.24, 2.45) is 5.73 Å². The summed E-state index contributed by atoms with van der Waals surface area (Å²) in [6.45, 7) is 7.07. The van der Waals surface area contributed by atoms with Crippen LogP contribution in [0, 0.1) is 5.82 Å². The van der Waals surface area contributed by atoms with Crippen LogP contribution in [-0.4, -0.2) is 53.8 Å². The molecule has 2 amide bonds. The van der Waals surface area contributed by atoms with Gasteiger partial charge in [0, 0.05) is 51.9 Å². The van der Waals surface area contributed by atoms with Crippen LogP contribution in [0.1, 0.15) is 37.8 Å². The minimum Gasteiger partial charge on any atom is -0.336 e. The summed E-state index contributed by atoms with van der Waals surface area (Å²) >= 11 is 0. The van der Waals surface area contributed by atoms with Crippen molar-refractivity contribution in [3.05, 3.63) is 65.5 Å². The van der Waals surface area contributed by atoms with Crippen LogP contribution in [0.15, 0.2) is 48.5 Å². The third-order valence-corrected chi connectivity index (χ3v) is 5.95. The van der Waals surface area contributed by atoms with Crippen molar-refractivity contribution < 1.29 is 14.0 Å². The van der Waals surface area contributed by atoms with Crippen LogP contribution < -0.4 is 10.6 Å².